The van der Waals surface area contributed by atoms with Gasteiger partial charge in [0.2, 0.25) is 0 Å². The van der Waals surface area contributed by atoms with Crippen molar-refractivity contribution < 1.29 is 24.2 Å². The maximum Gasteiger partial charge on any atom is 0.266 e. The summed E-state index contributed by atoms with van der Waals surface area (Å²) in [5.41, 5.74) is 0.419. The molecule has 6 nitrogen and oxygen atoms in total. The van der Waals surface area contributed by atoms with Crippen LogP contribution < -0.4 is 14.7 Å². The molecular weight excluding hydrogens is 394 g/mol. The lowest BCUT2D eigenvalue weighted by Crippen LogP contribution is -2.29. The van der Waals surface area contributed by atoms with E-state index in [0.29, 0.717) is 17.2 Å². The summed E-state index contributed by atoms with van der Waals surface area (Å²) in [6.07, 6.45) is 0. The van der Waals surface area contributed by atoms with Gasteiger partial charge in [0.05, 0.1) is 22.8 Å². The zero-order valence-corrected chi connectivity index (χ0v) is 16.1. The Morgan fingerprint density at radius 2 is 1.39 bits per heavy atom. The van der Waals surface area contributed by atoms with Crippen molar-refractivity contribution in [3.8, 4) is 11.5 Å². The first kappa shape index (κ1) is 18.6. The number of hydrogen-bond donors (Lipinski definition) is 0. The van der Waals surface area contributed by atoms with Gasteiger partial charge in [-0.1, -0.05) is 36.4 Å². The Labute approximate surface area is 176 Å². The van der Waals surface area contributed by atoms with E-state index in [9.17, 15) is 19.5 Å². The highest BCUT2D eigenvalue weighted by Gasteiger charge is 2.36. The van der Waals surface area contributed by atoms with Crippen LogP contribution in [0.3, 0.4) is 0 Å². The molecule has 0 N–H and O–H groups in total. The van der Waals surface area contributed by atoms with Gasteiger partial charge in [0, 0.05) is 0 Å². The van der Waals surface area contributed by atoms with E-state index < -0.39 is 17.8 Å². The lowest BCUT2D eigenvalue weighted by atomic mass is 10.1. The van der Waals surface area contributed by atoms with Crippen LogP contribution >= 0.6 is 0 Å². The van der Waals surface area contributed by atoms with Gasteiger partial charge in [-0.2, -0.15) is 0 Å². The van der Waals surface area contributed by atoms with Crippen LogP contribution in [0.1, 0.15) is 31.1 Å². The molecule has 0 atom stereocenters. The van der Waals surface area contributed by atoms with Crippen molar-refractivity contribution in [2.45, 2.75) is 0 Å². The number of carboxylic acids is 1. The van der Waals surface area contributed by atoms with E-state index >= 15 is 0 Å². The van der Waals surface area contributed by atoms with E-state index in [1.807, 2.05) is 42.5 Å². The van der Waals surface area contributed by atoms with E-state index in [2.05, 4.69) is 0 Å². The molecule has 0 fully saturated rings. The molecule has 6 heteroatoms. The molecular formula is C25H14NO5-. The van der Waals surface area contributed by atoms with Crippen LogP contribution in [-0.2, 0) is 0 Å². The average molecular weight is 408 g/mol. The Morgan fingerprint density at radius 3 is 2.13 bits per heavy atom. The number of rotatable bonds is 4. The molecule has 0 aliphatic carbocycles. The minimum Gasteiger partial charge on any atom is -0.545 e. The fraction of sp³-hybridized carbons (Fsp3) is 0. The number of benzene rings is 4. The lowest BCUT2D eigenvalue weighted by molar-refractivity contribution is -0.255. The van der Waals surface area contributed by atoms with Crippen molar-refractivity contribution >= 4 is 34.2 Å². The number of nitrogens with zero attached hydrogens (tertiary/aromatic N) is 1. The predicted molar refractivity (Wildman–Crippen MR) is 112 cm³/mol. The number of carbonyl (C=O) groups is 3. The summed E-state index contributed by atoms with van der Waals surface area (Å²) in [4.78, 5) is 37.5. The van der Waals surface area contributed by atoms with Crippen molar-refractivity contribution in [2.24, 2.45) is 0 Å². The third kappa shape index (κ3) is 3.20. The summed E-state index contributed by atoms with van der Waals surface area (Å²) in [5.74, 6) is -1.27. The smallest absolute Gasteiger partial charge is 0.266 e. The largest absolute Gasteiger partial charge is 0.545 e. The highest BCUT2D eigenvalue weighted by Crippen LogP contribution is 2.32. The molecule has 4 aromatic rings. The van der Waals surface area contributed by atoms with E-state index in [-0.39, 0.29) is 16.7 Å². The minimum atomic E-state index is -1.41. The van der Waals surface area contributed by atoms with E-state index in [1.165, 1.54) is 18.2 Å². The SMILES string of the molecule is O=C([O-])c1ccc2c(c1)C(=O)N(c1ccc(Oc3ccc4ccccc4c3)cc1)C2=O. The number of carboxylic acid groups (broad SMARTS) is 1. The third-order valence-corrected chi connectivity index (χ3v) is 5.17. The van der Waals surface area contributed by atoms with Crippen molar-refractivity contribution in [1.29, 1.82) is 0 Å². The standard InChI is InChI=1S/C25H15NO5/c27-23-21-12-6-17(25(29)30)14-22(21)24(28)26(23)18-7-10-19(11-8-18)31-20-9-5-15-3-1-2-4-16(15)13-20/h1-14H,(H,29,30)/p-1. The number of imide groups is 1. The quantitative estimate of drug-likeness (QED) is 0.480. The number of aromatic carboxylic acids is 1. The van der Waals surface area contributed by atoms with E-state index in [0.717, 1.165) is 15.7 Å². The van der Waals surface area contributed by atoms with Crippen LogP contribution in [0.5, 0.6) is 11.5 Å². The Morgan fingerprint density at radius 1 is 0.710 bits per heavy atom. The first-order chi connectivity index (χ1) is 15.0. The van der Waals surface area contributed by atoms with Gasteiger partial charge in [-0.15, -0.1) is 0 Å². The van der Waals surface area contributed by atoms with Crippen LogP contribution in [0.2, 0.25) is 0 Å². The van der Waals surface area contributed by atoms with Gasteiger partial charge in [-0.25, -0.2) is 4.90 Å². The summed E-state index contributed by atoms with van der Waals surface area (Å²) >= 11 is 0. The van der Waals surface area contributed by atoms with Gasteiger partial charge in [0.1, 0.15) is 11.5 Å². The fourth-order valence-electron chi connectivity index (χ4n) is 3.63. The van der Waals surface area contributed by atoms with Crippen molar-refractivity contribution in [1.82, 2.24) is 0 Å². The van der Waals surface area contributed by atoms with Crippen LogP contribution in [0.15, 0.2) is 84.9 Å². The number of anilines is 1. The second-order valence-corrected chi connectivity index (χ2v) is 7.10. The Bertz CT molecular complexity index is 1370. The van der Waals surface area contributed by atoms with Gasteiger partial charge in [-0.05, 0) is 64.9 Å². The number of amides is 2. The average Bonchev–Trinajstić information content (AvgIpc) is 3.04. The highest BCUT2D eigenvalue weighted by molar-refractivity contribution is 6.34. The predicted octanol–water partition coefficient (Wildman–Crippen LogP) is 3.80. The number of carbonyl (C=O) groups excluding carboxylic acids is 3. The lowest BCUT2D eigenvalue weighted by Gasteiger charge is -2.14. The molecule has 1 aliphatic rings. The first-order valence-electron chi connectivity index (χ1n) is 9.52. The number of fused-ring (bicyclic) bond motifs is 2. The maximum absolute atomic E-state index is 12.7. The molecule has 0 aromatic heterocycles. The normalized spacial score (nSPS) is 12.8. The molecule has 0 radical (unpaired) electrons. The molecule has 0 bridgehead atoms. The molecule has 0 spiro atoms. The Kier molecular flexibility index (Phi) is 4.26. The molecule has 0 saturated carbocycles. The van der Waals surface area contributed by atoms with Crippen LogP contribution in [0, 0.1) is 0 Å². The third-order valence-electron chi connectivity index (χ3n) is 5.17. The molecule has 2 amide bonds. The van der Waals surface area contributed by atoms with Gasteiger partial charge in [0.25, 0.3) is 11.8 Å². The monoisotopic (exact) mass is 408 g/mol. The topological polar surface area (TPSA) is 86.7 Å². The molecule has 1 heterocycles. The minimum absolute atomic E-state index is 0.0446. The molecule has 4 aromatic carbocycles. The van der Waals surface area contributed by atoms with Crippen LogP contribution in [-0.4, -0.2) is 17.8 Å². The summed E-state index contributed by atoms with van der Waals surface area (Å²) in [6, 6.07) is 24.0. The van der Waals surface area contributed by atoms with Crippen LogP contribution in [0.4, 0.5) is 5.69 Å². The van der Waals surface area contributed by atoms with Crippen LogP contribution in [0.25, 0.3) is 10.8 Å². The Balaban J connectivity index is 1.40. The second kappa shape index (κ2) is 7.11. The summed E-state index contributed by atoms with van der Waals surface area (Å²) in [7, 11) is 0. The van der Waals surface area contributed by atoms with Gasteiger partial charge < -0.3 is 14.6 Å². The summed E-state index contributed by atoms with van der Waals surface area (Å²) in [5, 5.41) is 13.2. The number of hydrogen-bond acceptors (Lipinski definition) is 5. The van der Waals surface area contributed by atoms with Gasteiger partial charge >= 0.3 is 0 Å². The molecule has 0 unspecified atom stereocenters. The maximum atomic E-state index is 12.7. The zero-order chi connectivity index (χ0) is 21.5. The second-order valence-electron chi connectivity index (χ2n) is 7.10. The summed E-state index contributed by atoms with van der Waals surface area (Å²) in [6.45, 7) is 0. The van der Waals surface area contributed by atoms with Crippen molar-refractivity contribution in [3.05, 3.63) is 102 Å². The Hall–Kier alpha value is -4.45. The van der Waals surface area contributed by atoms with E-state index in [1.54, 1.807) is 24.3 Å². The molecule has 31 heavy (non-hydrogen) atoms. The van der Waals surface area contributed by atoms with Crippen molar-refractivity contribution in [3.63, 3.8) is 0 Å². The molecule has 0 saturated heterocycles. The molecule has 150 valence electrons. The molecule has 5 rings (SSSR count). The highest BCUT2D eigenvalue weighted by atomic mass is 16.5. The fourth-order valence-corrected chi connectivity index (χ4v) is 3.63. The van der Waals surface area contributed by atoms with Crippen molar-refractivity contribution in [2.75, 3.05) is 4.90 Å². The molecule has 1 aliphatic heterocycles. The van der Waals surface area contributed by atoms with E-state index in [4.69, 9.17) is 4.74 Å². The van der Waals surface area contributed by atoms with Gasteiger partial charge in [0.15, 0.2) is 0 Å². The zero-order valence-electron chi connectivity index (χ0n) is 16.1. The summed E-state index contributed by atoms with van der Waals surface area (Å²) < 4.78 is 5.90. The first-order valence-corrected chi connectivity index (χ1v) is 9.52. The number of ether oxygens (including phenoxy) is 1. The van der Waals surface area contributed by atoms with Gasteiger partial charge in [-0.3, -0.25) is 9.59 Å².